The molecule has 0 saturated heterocycles. The van der Waals surface area contributed by atoms with E-state index >= 15 is 0 Å². The van der Waals surface area contributed by atoms with Gasteiger partial charge in [0.2, 0.25) is 0 Å². The monoisotopic (exact) mass is 279 g/mol. The minimum absolute atomic E-state index is 0.449. The van der Waals surface area contributed by atoms with E-state index in [9.17, 15) is 0 Å². The number of benzene rings is 1. The van der Waals surface area contributed by atoms with Crippen molar-refractivity contribution in [2.24, 2.45) is 7.05 Å². The molecular weight excluding hydrogens is 262 g/mol. The van der Waals surface area contributed by atoms with Crippen LogP contribution in [0.15, 0.2) is 30.6 Å². The zero-order valence-electron chi connectivity index (χ0n) is 11.4. The number of nitrogens with zero attached hydrogens (tertiary/aromatic N) is 2. The van der Waals surface area contributed by atoms with E-state index in [1.165, 1.54) is 0 Å². The van der Waals surface area contributed by atoms with E-state index in [4.69, 9.17) is 16.3 Å². The van der Waals surface area contributed by atoms with Gasteiger partial charge in [-0.25, -0.2) is 0 Å². The van der Waals surface area contributed by atoms with Crippen LogP contribution in [0, 0.1) is 0 Å². The van der Waals surface area contributed by atoms with Gasteiger partial charge in [-0.3, -0.25) is 4.68 Å². The summed E-state index contributed by atoms with van der Waals surface area (Å²) in [7, 11) is 1.84. The molecule has 2 rings (SSSR count). The lowest BCUT2D eigenvalue weighted by atomic mass is 10.2. The molecule has 0 fully saturated rings. The van der Waals surface area contributed by atoms with Crippen LogP contribution in [0.2, 0.25) is 5.02 Å². The fourth-order valence-electron chi connectivity index (χ4n) is 1.64. The summed E-state index contributed by atoms with van der Waals surface area (Å²) in [6.07, 6.45) is 3.45. The maximum Gasteiger partial charge on any atom is 0.165 e. The maximum absolute atomic E-state index is 6.22. The number of ether oxygens (including phenoxy) is 1. The Balaban J connectivity index is 2.06. The average Bonchev–Trinajstić information content (AvgIpc) is 2.75. The van der Waals surface area contributed by atoms with Gasteiger partial charge >= 0.3 is 0 Å². The van der Waals surface area contributed by atoms with Gasteiger partial charge in [0.1, 0.15) is 5.75 Å². The zero-order valence-corrected chi connectivity index (χ0v) is 12.1. The first-order chi connectivity index (χ1) is 9.04. The number of rotatable bonds is 5. The number of hydrogen-bond acceptors (Lipinski definition) is 3. The molecule has 19 heavy (non-hydrogen) atoms. The highest BCUT2D eigenvalue weighted by molar-refractivity contribution is 6.32. The highest BCUT2D eigenvalue weighted by atomic mass is 35.5. The van der Waals surface area contributed by atoms with Crippen molar-refractivity contribution in [2.45, 2.75) is 26.4 Å². The molecule has 1 aromatic heterocycles. The number of hydrogen-bond donors (Lipinski definition) is 1. The van der Waals surface area contributed by atoms with Crippen LogP contribution in [0.5, 0.6) is 11.5 Å². The number of aromatic nitrogens is 2. The quantitative estimate of drug-likeness (QED) is 0.912. The number of nitrogens with one attached hydrogen (secondary N) is 1. The van der Waals surface area contributed by atoms with E-state index in [0.29, 0.717) is 22.6 Å². The molecule has 4 nitrogen and oxygen atoms in total. The van der Waals surface area contributed by atoms with Gasteiger partial charge in [-0.2, -0.15) is 5.10 Å². The van der Waals surface area contributed by atoms with Gasteiger partial charge in [0.05, 0.1) is 17.4 Å². The van der Waals surface area contributed by atoms with E-state index < -0.39 is 0 Å². The summed E-state index contributed by atoms with van der Waals surface area (Å²) in [6, 6.07) is 6.26. The van der Waals surface area contributed by atoms with Gasteiger partial charge in [0.15, 0.2) is 5.75 Å². The Morgan fingerprint density at radius 2 is 2.21 bits per heavy atom. The lowest BCUT2D eigenvalue weighted by Gasteiger charge is -2.10. The van der Waals surface area contributed by atoms with Gasteiger partial charge in [-0.05, 0) is 17.7 Å². The first kappa shape index (κ1) is 13.9. The summed E-state index contributed by atoms with van der Waals surface area (Å²) in [6.45, 7) is 5.02. The van der Waals surface area contributed by atoms with Crippen molar-refractivity contribution in [2.75, 3.05) is 0 Å². The second-order valence-electron chi connectivity index (χ2n) is 4.75. The highest BCUT2D eigenvalue weighted by Crippen LogP contribution is 2.29. The van der Waals surface area contributed by atoms with Crippen molar-refractivity contribution in [3.63, 3.8) is 0 Å². The molecule has 102 valence electrons. The largest absolute Gasteiger partial charge is 0.452 e. The molecule has 1 aromatic carbocycles. The van der Waals surface area contributed by atoms with Crippen LogP contribution < -0.4 is 10.1 Å². The van der Waals surface area contributed by atoms with Crippen molar-refractivity contribution in [1.82, 2.24) is 15.1 Å². The molecule has 0 bridgehead atoms. The van der Waals surface area contributed by atoms with Crippen LogP contribution in [-0.2, 0) is 13.6 Å². The molecule has 1 heterocycles. The summed E-state index contributed by atoms with van der Waals surface area (Å²) in [5.74, 6) is 1.32. The van der Waals surface area contributed by atoms with Gasteiger partial charge in [-0.1, -0.05) is 31.5 Å². The van der Waals surface area contributed by atoms with Crippen molar-refractivity contribution in [3.8, 4) is 11.5 Å². The highest BCUT2D eigenvalue weighted by Gasteiger charge is 2.06. The van der Waals surface area contributed by atoms with Crippen LogP contribution >= 0.6 is 11.6 Å². The van der Waals surface area contributed by atoms with Gasteiger partial charge < -0.3 is 10.1 Å². The van der Waals surface area contributed by atoms with Crippen LogP contribution in [0.1, 0.15) is 19.4 Å². The van der Waals surface area contributed by atoms with Crippen molar-refractivity contribution >= 4 is 11.6 Å². The Kier molecular flexibility index (Phi) is 4.45. The topological polar surface area (TPSA) is 39.1 Å². The van der Waals surface area contributed by atoms with Crippen molar-refractivity contribution < 1.29 is 4.74 Å². The van der Waals surface area contributed by atoms with Crippen LogP contribution in [0.3, 0.4) is 0 Å². The molecule has 1 N–H and O–H groups in total. The molecule has 0 radical (unpaired) electrons. The fourth-order valence-corrected chi connectivity index (χ4v) is 1.88. The second kappa shape index (κ2) is 6.08. The molecule has 5 heteroatoms. The third-order valence-corrected chi connectivity index (χ3v) is 2.92. The first-order valence-corrected chi connectivity index (χ1v) is 6.60. The van der Waals surface area contributed by atoms with Gasteiger partial charge in [-0.15, -0.1) is 0 Å². The normalized spacial score (nSPS) is 11.0. The Morgan fingerprint density at radius 3 is 2.79 bits per heavy atom. The third-order valence-electron chi connectivity index (χ3n) is 2.62. The number of aryl methyl sites for hydroxylation is 1. The standard InChI is InChI=1S/C14H18ClN3O/c1-10(2)16-7-11-4-5-14(13(15)6-11)19-12-8-17-18(3)9-12/h4-6,8-10,16H,7H2,1-3H3. The van der Waals surface area contributed by atoms with Crippen LogP contribution in [0.4, 0.5) is 0 Å². The molecule has 0 unspecified atom stereocenters. The Hall–Kier alpha value is -1.52. The van der Waals surface area contributed by atoms with Crippen molar-refractivity contribution in [3.05, 3.63) is 41.2 Å². The van der Waals surface area contributed by atoms with Crippen molar-refractivity contribution in [1.29, 1.82) is 0 Å². The van der Waals surface area contributed by atoms with Crippen LogP contribution in [0.25, 0.3) is 0 Å². The zero-order chi connectivity index (χ0) is 13.8. The lowest BCUT2D eigenvalue weighted by molar-refractivity contribution is 0.481. The molecule has 0 amide bonds. The molecule has 2 aromatic rings. The minimum atomic E-state index is 0.449. The minimum Gasteiger partial charge on any atom is -0.452 e. The predicted molar refractivity (Wildman–Crippen MR) is 76.7 cm³/mol. The molecule has 0 atom stereocenters. The molecule has 0 aliphatic rings. The van der Waals surface area contributed by atoms with Crippen LogP contribution in [-0.4, -0.2) is 15.8 Å². The predicted octanol–water partition coefficient (Wildman–Crippen LogP) is 3.36. The first-order valence-electron chi connectivity index (χ1n) is 6.23. The Morgan fingerprint density at radius 1 is 1.42 bits per heavy atom. The average molecular weight is 280 g/mol. The van der Waals surface area contributed by atoms with E-state index in [2.05, 4.69) is 24.3 Å². The van der Waals surface area contributed by atoms with E-state index in [1.54, 1.807) is 17.1 Å². The van der Waals surface area contributed by atoms with Gasteiger partial charge in [0, 0.05) is 19.6 Å². The van der Waals surface area contributed by atoms with E-state index in [-0.39, 0.29) is 0 Å². The Bertz CT molecular complexity index is 551. The molecule has 0 aliphatic carbocycles. The summed E-state index contributed by atoms with van der Waals surface area (Å²) in [5, 5.41) is 8.00. The maximum atomic E-state index is 6.22. The fraction of sp³-hybridized carbons (Fsp3) is 0.357. The summed E-state index contributed by atoms with van der Waals surface area (Å²) < 4.78 is 7.36. The van der Waals surface area contributed by atoms with E-state index in [0.717, 1.165) is 12.1 Å². The SMILES string of the molecule is CC(C)NCc1ccc(Oc2cnn(C)c2)c(Cl)c1. The van der Waals surface area contributed by atoms with Gasteiger partial charge in [0.25, 0.3) is 0 Å². The lowest BCUT2D eigenvalue weighted by Crippen LogP contribution is -2.21. The third kappa shape index (κ3) is 3.98. The summed E-state index contributed by atoms with van der Waals surface area (Å²) >= 11 is 6.22. The Labute approximate surface area is 118 Å². The summed E-state index contributed by atoms with van der Waals surface area (Å²) in [5.41, 5.74) is 1.14. The molecule has 0 spiro atoms. The van der Waals surface area contributed by atoms with E-state index in [1.807, 2.05) is 25.2 Å². The number of halogens is 1. The molecule has 0 saturated carbocycles. The molecular formula is C14H18ClN3O. The second-order valence-corrected chi connectivity index (χ2v) is 5.16. The molecule has 0 aliphatic heterocycles. The smallest absolute Gasteiger partial charge is 0.165 e. The summed E-state index contributed by atoms with van der Waals surface area (Å²) in [4.78, 5) is 0.